The average molecular weight is 533 g/mol. The summed E-state index contributed by atoms with van der Waals surface area (Å²) >= 11 is 6.19. The molecule has 1 aromatic carbocycles. The quantitative estimate of drug-likeness (QED) is 0.106. The molecule has 0 saturated heterocycles. The van der Waals surface area contributed by atoms with Crippen LogP contribution in [0.1, 0.15) is 124 Å². The minimum Gasteiger partial charge on any atom is -0.326 e. The molecule has 208 valence electrons. The number of allylic oxidation sites excluding steroid dienone is 2. The molecule has 2 N–H and O–H groups in total. The molecule has 0 bridgehead atoms. The number of halogens is 1. The van der Waals surface area contributed by atoms with Gasteiger partial charge in [0.1, 0.15) is 5.78 Å². The minimum absolute atomic E-state index is 0.0554. The van der Waals surface area contributed by atoms with Gasteiger partial charge in [-0.2, -0.15) is 0 Å². The van der Waals surface area contributed by atoms with Crippen LogP contribution in [0.15, 0.2) is 30.4 Å². The lowest BCUT2D eigenvalue weighted by atomic mass is 9.89. The van der Waals surface area contributed by atoms with E-state index in [0.29, 0.717) is 22.8 Å². The Balaban J connectivity index is 2.20. The maximum absolute atomic E-state index is 12.3. The maximum Gasteiger partial charge on any atom is 0.231 e. The average Bonchev–Trinajstić information content (AvgIpc) is 2.83. The number of ketones is 1. The van der Waals surface area contributed by atoms with Crippen molar-refractivity contribution in [3.63, 3.8) is 0 Å². The third kappa shape index (κ3) is 16.3. The molecule has 0 aromatic heterocycles. The number of unbranched alkanes of at least 4 members (excludes halogenated alkanes) is 11. The number of Topliss-reactive ketones (excluding diaryl/α,β-unsaturated/α-hetero) is 1. The fraction of sp³-hybridized carbons (Fsp3) is 0.645. The van der Waals surface area contributed by atoms with Crippen LogP contribution in [-0.4, -0.2) is 17.6 Å². The first kappa shape index (κ1) is 32.9. The second kappa shape index (κ2) is 19.0. The number of nitrogens with one attached hydrogen (secondary N) is 2. The molecule has 0 radical (unpaired) electrons. The molecule has 2 amide bonds. The number of rotatable bonds is 19. The van der Waals surface area contributed by atoms with Crippen molar-refractivity contribution < 1.29 is 14.4 Å². The van der Waals surface area contributed by atoms with Crippen LogP contribution in [0, 0.1) is 5.41 Å². The molecule has 37 heavy (non-hydrogen) atoms. The minimum atomic E-state index is -0.582. The number of amides is 2. The van der Waals surface area contributed by atoms with E-state index < -0.39 is 11.3 Å². The number of hydrogen-bond acceptors (Lipinski definition) is 3. The first-order valence-corrected chi connectivity index (χ1v) is 14.6. The predicted octanol–water partition coefficient (Wildman–Crippen LogP) is 9.26. The van der Waals surface area contributed by atoms with Gasteiger partial charge in [-0.1, -0.05) is 103 Å². The van der Waals surface area contributed by atoms with Crippen molar-refractivity contribution in [2.75, 3.05) is 10.6 Å². The Morgan fingerprint density at radius 3 is 1.95 bits per heavy atom. The van der Waals surface area contributed by atoms with Crippen molar-refractivity contribution in [3.05, 3.63) is 35.4 Å². The summed E-state index contributed by atoms with van der Waals surface area (Å²) in [6, 6.07) is 4.95. The number of hydrogen-bond donors (Lipinski definition) is 2. The van der Waals surface area contributed by atoms with Crippen molar-refractivity contribution >= 4 is 40.6 Å². The van der Waals surface area contributed by atoms with Crippen LogP contribution in [0.5, 0.6) is 0 Å². The fourth-order valence-electron chi connectivity index (χ4n) is 3.88. The van der Waals surface area contributed by atoms with Gasteiger partial charge in [0, 0.05) is 17.5 Å². The van der Waals surface area contributed by atoms with E-state index >= 15 is 0 Å². The van der Waals surface area contributed by atoms with E-state index in [2.05, 4.69) is 29.7 Å². The summed E-state index contributed by atoms with van der Waals surface area (Å²) in [4.78, 5) is 36.7. The summed E-state index contributed by atoms with van der Waals surface area (Å²) in [6.07, 6.45) is 20.8. The molecule has 0 unspecified atom stereocenters. The zero-order valence-electron chi connectivity index (χ0n) is 23.6. The topological polar surface area (TPSA) is 75.3 Å². The Bertz CT molecular complexity index is 858. The zero-order chi connectivity index (χ0) is 27.5. The van der Waals surface area contributed by atoms with E-state index in [9.17, 15) is 14.4 Å². The summed E-state index contributed by atoms with van der Waals surface area (Å²) < 4.78 is 0. The van der Waals surface area contributed by atoms with Gasteiger partial charge in [0.15, 0.2) is 0 Å². The van der Waals surface area contributed by atoms with E-state index in [4.69, 9.17) is 11.6 Å². The number of carbonyl (C=O) groups excluding carboxylic acids is 3. The maximum atomic E-state index is 12.3. The van der Waals surface area contributed by atoms with E-state index in [1.807, 2.05) is 0 Å². The Morgan fingerprint density at radius 1 is 0.784 bits per heavy atom. The summed E-state index contributed by atoms with van der Waals surface area (Å²) in [5, 5.41) is 5.90. The Labute approximate surface area is 230 Å². The first-order valence-electron chi connectivity index (χ1n) is 14.2. The molecule has 0 spiro atoms. The van der Waals surface area contributed by atoms with E-state index in [-0.39, 0.29) is 18.1 Å². The van der Waals surface area contributed by atoms with Crippen LogP contribution in [0.25, 0.3) is 0 Å². The number of benzene rings is 1. The van der Waals surface area contributed by atoms with Crippen LogP contribution in [-0.2, 0) is 14.4 Å². The SMILES string of the molecule is CCCCCCCCC=CCCCCCCCC(=O)Nc1ccc(Cl)c(NC(=O)CC(=O)C(C)(C)C)c1. The molecule has 0 aliphatic heterocycles. The van der Waals surface area contributed by atoms with E-state index in [1.54, 1.807) is 39.0 Å². The van der Waals surface area contributed by atoms with Crippen molar-refractivity contribution in [2.45, 2.75) is 124 Å². The highest BCUT2D eigenvalue weighted by atomic mass is 35.5. The van der Waals surface area contributed by atoms with Gasteiger partial charge in [-0.3, -0.25) is 14.4 Å². The van der Waals surface area contributed by atoms with E-state index in [1.165, 1.54) is 57.8 Å². The normalized spacial score (nSPS) is 11.6. The van der Waals surface area contributed by atoms with Gasteiger partial charge in [-0.15, -0.1) is 0 Å². The molecule has 5 nitrogen and oxygen atoms in total. The number of carbonyl (C=O) groups is 3. The van der Waals surface area contributed by atoms with E-state index in [0.717, 1.165) is 25.7 Å². The summed E-state index contributed by atoms with van der Waals surface area (Å²) in [5.74, 6) is -0.621. The molecule has 0 heterocycles. The van der Waals surface area contributed by atoms with Gasteiger partial charge in [-0.25, -0.2) is 0 Å². The van der Waals surface area contributed by atoms with Gasteiger partial charge in [0.25, 0.3) is 0 Å². The van der Waals surface area contributed by atoms with Crippen molar-refractivity contribution in [1.29, 1.82) is 0 Å². The Hall–Kier alpha value is -2.14. The van der Waals surface area contributed by atoms with Gasteiger partial charge < -0.3 is 10.6 Å². The second-order valence-electron chi connectivity index (χ2n) is 11.0. The van der Waals surface area contributed by atoms with Crippen molar-refractivity contribution in [1.82, 2.24) is 0 Å². The molecule has 0 aliphatic rings. The molecule has 1 rings (SSSR count). The predicted molar refractivity (Wildman–Crippen MR) is 157 cm³/mol. The van der Waals surface area contributed by atoms with Gasteiger partial charge in [-0.05, 0) is 50.3 Å². The zero-order valence-corrected chi connectivity index (χ0v) is 24.4. The van der Waals surface area contributed by atoms with Crippen molar-refractivity contribution in [2.24, 2.45) is 5.41 Å². The lowest BCUT2D eigenvalue weighted by Crippen LogP contribution is -2.26. The van der Waals surface area contributed by atoms with Crippen LogP contribution >= 0.6 is 11.6 Å². The molecule has 6 heteroatoms. The highest BCUT2D eigenvalue weighted by Gasteiger charge is 2.24. The lowest BCUT2D eigenvalue weighted by molar-refractivity contribution is -0.130. The largest absolute Gasteiger partial charge is 0.326 e. The highest BCUT2D eigenvalue weighted by Crippen LogP contribution is 2.26. The molecule has 1 aromatic rings. The highest BCUT2D eigenvalue weighted by molar-refractivity contribution is 6.34. The molecule has 0 atom stereocenters. The van der Waals surface area contributed by atoms with Crippen LogP contribution in [0.4, 0.5) is 11.4 Å². The smallest absolute Gasteiger partial charge is 0.231 e. The Kier molecular flexibility index (Phi) is 16.9. The third-order valence-electron chi connectivity index (χ3n) is 6.35. The first-order chi connectivity index (χ1) is 17.6. The van der Waals surface area contributed by atoms with Crippen molar-refractivity contribution in [3.8, 4) is 0 Å². The lowest BCUT2D eigenvalue weighted by Gasteiger charge is -2.16. The fourth-order valence-corrected chi connectivity index (χ4v) is 4.05. The monoisotopic (exact) mass is 532 g/mol. The molecular formula is C31H49ClN2O3. The summed E-state index contributed by atoms with van der Waals surface area (Å²) in [5.41, 5.74) is 0.368. The third-order valence-corrected chi connectivity index (χ3v) is 6.68. The van der Waals surface area contributed by atoms with Crippen LogP contribution in [0.2, 0.25) is 5.02 Å². The van der Waals surface area contributed by atoms with Crippen LogP contribution in [0.3, 0.4) is 0 Å². The molecule has 0 fully saturated rings. The van der Waals surface area contributed by atoms with Gasteiger partial charge in [0.2, 0.25) is 11.8 Å². The van der Waals surface area contributed by atoms with Gasteiger partial charge >= 0.3 is 0 Å². The number of anilines is 2. The molecule has 0 aliphatic carbocycles. The summed E-state index contributed by atoms with van der Waals surface area (Å²) in [6.45, 7) is 7.59. The standard InChI is InChI=1S/C31H49ClN2O3/c1-5-6-7-8-9-10-11-12-13-14-15-16-17-18-19-20-29(36)33-25-21-22-26(32)27(23-25)34-30(37)24-28(35)31(2,3)4/h12-13,21-23H,5-11,14-20,24H2,1-4H3,(H,33,36)(H,34,37). The summed E-state index contributed by atoms with van der Waals surface area (Å²) in [7, 11) is 0. The Morgan fingerprint density at radius 2 is 1.35 bits per heavy atom. The van der Waals surface area contributed by atoms with Gasteiger partial charge in [0.05, 0.1) is 17.1 Å². The molecule has 0 saturated carbocycles. The van der Waals surface area contributed by atoms with Crippen LogP contribution < -0.4 is 10.6 Å². The second-order valence-corrected chi connectivity index (χ2v) is 11.4. The molecular weight excluding hydrogens is 484 g/mol.